The zero-order valence-corrected chi connectivity index (χ0v) is 13.8. The molecule has 5 amide bonds. The zero-order chi connectivity index (χ0) is 18.1. The van der Waals surface area contributed by atoms with Gasteiger partial charge in [-0.1, -0.05) is 36.4 Å². The molecule has 8 heteroatoms. The van der Waals surface area contributed by atoms with Gasteiger partial charge in [-0.15, -0.1) is 0 Å². The number of rotatable bonds is 3. The summed E-state index contributed by atoms with van der Waals surface area (Å²) < 4.78 is 0. The molecule has 0 spiro atoms. The monoisotopic (exact) mass is 351 g/mol. The second kappa shape index (κ2) is 6.47. The number of urea groups is 2. The number of nitrogens with one attached hydrogen (secondary N) is 3. The lowest BCUT2D eigenvalue weighted by Crippen LogP contribution is -2.71. The number of imide groups is 1. The van der Waals surface area contributed by atoms with Crippen molar-refractivity contribution in [3.63, 3.8) is 0 Å². The van der Waals surface area contributed by atoms with Crippen LogP contribution in [-0.2, 0) is 11.3 Å². The maximum absolute atomic E-state index is 12.5. The van der Waals surface area contributed by atoms with Crippen LogP contribution in [0, 0.1) is 5.92 Å². The molecule has 2 aliphatic heterocycles. The van der Waals surface area contributed by atoms with Crippen LogP contribution in [-0.4, -0.2) is 34.0 Å². The Kier molecular flexibility index (Phi) is 4.00. The zero-order valence-electron chi connectivity index (χ0n) is 13.8. The molecule has 0 saturated carbocycles. The third-order valence-electron chi connectivity index (χ3n) is 4.60. The minimum absolute atomic E-state index is 0.274. The molecule has 1 aromatic heterocycles. The van der Waals surface area contributed by atoms with E-state index in [9.17, 15) is 14.4 Å². The molecule has 4 rings (SSSR count). The summed E-state index contributed by atoms with van der Waals surface area (Å²) in [6.07, 6.45) is 0.851. The summed E-state index contributed by atoms with van der Waals surface area (Å²) in [5, 5.41) is 7.86. The van der Waals surface area contributed by atoms with E-state index in [1.807, 2.05) is 30.3 Å². The second-order valence-corrected chi connectivity index (χ2v) is 6.23. The second-order valence-electron chi connectivity index (χ2n) is 6.23. The van der Waals surface area contributed by atoms with Crippen molar-refractivity contribution in [3.05, 3.63) is 66.0 Å². The maximum atomic E-state index is 12.5. The fraction of sp³-hybridized carbons (Fsp3) is 0.222. The van der Waals surface area contributed by atoms with Crippen molar-refractivity contribution in [2.24, 2.45) is 5.92 Å². The Balaban J connectivity index is 1.69. The normalized spacial score (nSPS) is 25.0. The summed E-state index contributed by atoms with van der Waals surface area (Å²) in [4.78, 5) is 42.9. The average Bonchev–Trinajstić information content (AvgIpc) is 2.66. The van der Waals surface area contributed by atoms with Gasteiger partial charge in [-0.2, -0.15) is 0 Å². The van der Waals surface area contributed by atoms with Crippen molar-refractivity contribution >= 4 is 18.0 Å². The van der Waals surface area contributed by atoms with Crippen molar-refractivity contribution in [2.45, 2.75) is 18.8 Å². The topological polar surface area (TPSA) is 103 Å². The first kappa shape index (κ1) is 16.1. The van der Waals surface area contributed by atoms with E-state index in [4.69, 9.17) is 0 Å². The van der Waals surface area contributed by atoms with Crippen LogP contribution in [0.15, 0.2) is 54.7 Å². The van der Waals surface area contributed by atoms with Crippen LogP contribution in [0.25, 0.3) is 0 Å². The Hall–Kier alpha value is -3.42. The van der Waals surface area contributed by atoms with E-state index in [2.05, 4.69) is 20.9 Å². The summed E-state index contributed by atoms with van der Waals surface area (Å²) in [6, 6.07) is 13.1. The highest BCUT2D eigenvalue weighted by molar-refractivity contribution is 6.00. The molecule has 8 nitrogen and oxygen atoms in total. The van der Waals surface area contributed by atoms with Gasteiger partial charge in [-0.25, -0.2) is 9.59 Å². The molecule has 3 atom stereocenters. The largest absolute Gasteiger partial charge is 0.329 e. The summed E-state index contributed by atoms with van der Waals surface area (Å²) in [5.74, 6) is -1.13. The van der Waals surface area contributed by atoms with E-state index in [1.165, 1.54) is 4.90 Å². The number of hydrogen-bond acceptors (Lipinski definition) is 4. The van der Waals surface area contributed by atoms with E-state index >= 15 is 0 Å². The Morgan fingerprint density at radius 3 is 2.46 bits per heavy atom. The maximum Gasteiger partial charge on any atom is 0.326 e. The molecule has 0 radical (unpaired) electrons. The van der Waals surface area contributed by atoms with Gasteiger partial charge in [0.15, 0.2) is 0 Å². The fourth-order valence-corrected chi connectivity index (χ4v) is 3.40. The third kappa shape index (κ3) is 2.85. The lowest BCUT2D eigenvalue weighted by Gasteiger charge is -2.46. The van der Waals surface area contributed by atoms with Crippen molar-refractivity contribution in [2.75, 3.05) is 0 Å². The predicted molar refractivity (Wildman–Crippen MR) is 91.4 cm³/mol. The molecule has 2 saturated heterocycles. The van der Waals surface area contributed by atoms with Gasteiger partial charge in [0, 0.05) is 12.7 Å². The summed E-state index contributed by atoms with van der Waals surface area (Å²) in [5.41, 5.74) is 1.47. The van der Waals surface area contributed by atoms with Gasteiger partial charge in [-0.05, 0) is 17.7 Å². The van der Waals surface area contributed by atoms with Gasteiger partial charge in [0.25, 0.3) is 0 Å². The summed E-state index contributed by atoms with van der Waals surface area (Å²) >= 11 is 0. The van der Waals surface area contributed by atoms with Crippen LogP contribution in [0.3, 0.4) is 0 Å². The Morgan fingerprint density at radius 1 is 0.962 bits per heavy atom. The number of hydrogen-bond donors (Lipinski definition) is 3. The van der Waals surface area contributed by atoms with E-state index < -0.39 is 36.1 Å². The number of amides is 5. The van der Waals surface area contributed by atoms with Crippen molar-refractivity contribution < 1.29 is 14.4 Å². The number of fused-ring (bicyclic) bond motifs is 1. The standard InChI is InChI=1S/C18H17N5O3/c24-16-13-14(12-8-4-5-9-19-12)20-17(25)21-15(13)23(18(26)22-16)10-11-6-2-1-3-7-11/h1-9,13-15H,10H2,(H2,20,21,25)(H,22,24,26). The molecule has 3 unspecified atom stereocenters. The quantitative estimate of drug-likeness (QED) is 0.771. The molecule has 2 aromatic rings. The molecule has 2 aliphatic rings. The van der Waals surface area contributed by atoms with Gasteiger partial charge in [0.05, 0.1) is 11.7 Å². The van der Waals surface area contributed by atoms with Crippen molar-refractivity contribution in [1.82, 2.24) is 25.8 Å². The molecule has 0 aliphatic carbocycles. The molecular formula is C18H17N5O3. The molecule has 2 fully saturated rings. The summed E-state index contributed by atoms with van der Waals surface area (Å²) in [7, 11) is 0. The minimum atomic E-state index is -0.753. The van der Waals surface area contributed by atoms with Gasteiger partial charge in [0.2, 0.25) is 5.91 Å². The molecule has 132 valence electrons. The van der Waals surface area contributed by atoms with Crippen molar-refractivity contribution in [1.29, 1.82) is 0 Å². The average molecular weight is 351 g/mol. The molecule has 26 heavy (non-hydrogen) atoms. The van der Waals surface area contributed by atoms with Crippen LogP contribution in [0.1, 0.15) is 17.3 Å². The van der Waals surface area contributed by atoms with E-state index in [0.29, 0.717) is 5.69 Å². The third-order valence-corrected chi connectivity index (χ3v) is 4.60. The van der Waals surface area contributed by atoms with Crippen LogP contribution >= 0.6 is 0 Å². The Morgan fingerprint density at radius 2 is 1.73 bits per heavy atom. The van der Waals surface area contributed by atoms with Crippen LogP contribution in [0.2, 0.25) is 0 Å². The van der Waals surface area contributed by atoms with Gasteiger partial charge in [-0.3, -0.25) is 20.0 Å². The van der Waals surface area contributed by atoms with E-state index in [0.717, 1.165) is 5.56 Å². The Bertz CT molecular complexity index is 842. The Labute approximate surface area is 149 Å². The van der Waals surface area contributed by atoms with Gasteiger partial charge < -0.3 is 10.6 Å². The highest BCUT2D eigenvalue weighted by Crippen LogP contribution is 2.31. The van der Waals surface area contributed by atoms with Crippen LogP contribution in [0.5, 0.6) is 0 Å². The first-order valence-electron chi connectivity index (χ1n) is 8.27. The molecule has 3 heterocycles. The number of nitrogens with zero attached hydrogens (tertiary/aromatic N) is 2. The lowest BCUT2D eigenvalue weighted by atomic mass is 9.88. The molecule has 1 aromatic carbocycles. The van der Waals surface area contributed by atoms with E-state index in [1.54, 1.807) is 24.4 Å². The van der Waals surface area contributed by atoms with Crippen LogP contribution in [0.4, 0.5) is 9.59 Å². The number of benzene rings is 1. The first-order chi connectivity index (χ1) is 12.6. The van der Waals surface area contributed by atoms with Gasteiger partial charge in [0.1, 0.15) is 12.1 Å². The molecular weight excluding hydrogens is 334 g/mol. The number of carbonyl (C=O) groups excluding carboxylic acids is 3. The number of aromatic nitrogens is 1. The fourth-order valence-electron chi connectivity index (χ4n) is 3.40. The highest BCUT2D eigenvalue weighted by atomic mass is 16.2. The smallest absolute Gasteiger partial charge is 0.326 e. The highest BCUT2D eigenvalue weighted by Gasteiger charge is 2.50. The van der Waals surface area contributed by atoms with E-state index in [-0.39, 0.29) is 6.54 Å². The number of carbonyl (C=O) groups is 3. The predicted octanol–water partition coefficient (Wildman–Crippen LogP) is 1.13. The molecule has 3 N–H and O–H groups in total. The molecule has 0 bridgehead atoms. The lowest BCUT2D eigenvalue weighted by molar-refractivity contribution is -0.130. The van der Waals surface area contributed by atoms with Gasteiger partial charge >= 0.3 is 12.1 Å². The van der Waals surface area contributed by atoms with Crippen LogP contribution < -0.4 is 16.0 Å². The number of pyridine rings is 1. The summed E-state index contributed by atoms with van der Waals surface area (Å²) in [6.45, 7) is 0.274. The minimum Gasteiger partial charge on any atom is -0.329 e. The SMILES string of the molecule is O=C1NC(c2ccccn2)C2C(=O)NC(=O)N(Cc3ccccc3)C2N1. The van der Waals surface area contributed by atoms with Crippen molar-refractivity contribution in [3.8, 4) is 0 Å². The first-order valence-corrected chi connectivity index (χ1v) is 8.27.